The van der Waals surface area contributed by atoms with Crippen LogP contribution in [0.1, 0.15) is 11.1 Å². The van der Waals surface area contributed by atoms with Crippen molar-refractivity contribution < 1.29 is 35.8 Å². The predicted molar refractivity (Wildman–Crippen MR) is 95.7 cm³/mol. The first-order chi connectivity index (χ1) is 13.1. The Labute approximate surface area is 161 Å². The van der Waals surface area contributed by atoms with Crippen molar-refractivity contribution in [3.8, 4) is 11.5 Å². The van der Waals surface area contributed by atoms with Crippen LogP contribution in [0.2, 0.25) is 0 Å². The van der Waals surface area contributed by atoms with E-state index < -0.39 is 16.4 Å². The summed E-state index contributed by atoms with van der Waals surface area (Å²) in [6.45, 7) is 2.39. The van der Waals surface area contributed by atoms with Crippen LogP contribution in [0.25, 0.3) is 0 Å². The lowest BCUT2D eigenvalue weighted by molar-refractivity contribution is -0.274. The van der Waals surface area contributed by atoms with Crippen LogP contribution in [0.3, 0.4) is 0 Å². The van der Waals surface area contributed by atoms with Crippen molar-refractivity contribution in [1.82, 2.24) is 4.72 Å². The molecule has 2 aromatic rings. The Morgan fingerprint density at radius 2 is 1.71 bits per heavy atom. The molecule has 0 spiro atoms. The first-order valence-corrected chi connectivity index (χ1v) is 9.66. The topological polar surface area (TPSA) is 73.9 Å². The van der Waals surface area contributed by atoms with Gasteiger partial charge in [-0.25, -0.2) is 13.1 Å². The van der Waals surface area contributed by atoms with E-state index in [9.17, 15) is 21.6 Å². The van der Waals surface area contributed by atoms with Crippen LogP contribution < -0.4 is 14.2 Å². The molecular formula is C18H20F3NO5S. The Kier molecular flexibility index (Phi) is 7.28. The second-order valence-corrected chi connectivity index (χ2v) is 7.55. The quantitative estimate of drug-likeness (QED) is 0.631. The highest BCUT2D eigenvalue weighted by molar-refractivity contribution is 7.89. The maximum Gasteiger partial charge on any atom is 0.573 e. The fraction of sp³-hybridized carbons (Fsp3) is 0.333. The van der Waals surface area contributed by atoms with Crippen molar-refractivity contribution in [2.75, 3.05) is 20.3 Å². The minimum atomic E-state index is -4.78. The standard InChI is InChI=1S/C18H20F3NO5S/c1-13-11-16(7-8-17(13)26-10-9-25-2)28(23,24)22-12-14-3-5-15(6-4-14)27-18(19,20)21/h3-8,11,22H,9-10,12H2,1-2H3. The van der Waals surface area contributed by atoms with Gasteiger partial charge in [-0.1, -0.05) is 12.1 Å². The normalized spacial score (nSPS) is 12.0. The lowest BCUT2D eigenvalue weighted by Gasteiger charge is -2.12. The average molecular weight is 419 g/mol. The van der Waals surface area contributed by atoms with Gasteiger partial charge in [-0.15, -0.1) is 13.2 Å². The molecule has 1 N–H and O–H groups in total. The molecule has 0 aliphatic carbocycles. The summed E-state index contributed by atoms with van der Waals surface area (Å²) in [5.41, 5.74) is 1.13. The number of halogens is 3. The summed E-state index contributed by atoms with van der Waals surface area (Å²) in [7, 11) is -2.25. The first kappa shape index (κ1) is 22.0. The van der Waals surface area contributed by atoms with Gasteiger partial charge >= 0.3 is 6.36 Å². The van der Waals surface area contributed by atoms with E-state index in [1.54, 1.807) is 20.1 Å². The van der Waals surface area contributed by atoms with Crippen LogP contribution in [0.4, 0.5) is 13.2 Å². The summed E-state index contributed by atoms with van der Waals surface area (Å²) in [6.07, 6.45) is -4.78. The lowest BCUT2D eigenvalue weighted by atomic mass is 10.2. The largest absolute Gasteiger partial charge is 0.573 e. The molecule has 0 saturated heterocycles. The van der Waals surface area contributed by atoms with E-state index in [0.29, 0.717) is 30.1 Å². The third kappa shape index (κ3) is 6.70. The summed E-state index contributed by atoms with van der Waals surface area (Å²) in [5, 5.41) is 0. The summed E-state index contributed by atoms with van der Waals surface area (Å²) < 4.78 is 77.9. The fourth-order valence-corrected chi connectivity index (χ4v) is 3.36. The second-order valence-electron chi connectivity index (χ2n) is 5.78. The van der Waals surface area contributed by atoms with Gasteiger partial charge in [0.25, 0.3) is 0 Å². The van der Waals surface area contributed by atoms with E-state index in [0.717, 1.165) is 12.1 Å². The molecule has 28 heavy (non-hydrogen) atoms. The van der Waals surface area contributed by atoms with Crippen molar-refractivity contribution >= 4 is 10.0 Å². The van der Waals surface area contributed by atoms with Crippen LogP contribution in [0.5, 0.6) is 11.5 Å². The lowest BCUT2D eigenvalue weighted by Crippen LogP contribution is -2.23. The highest BCUT2D eigenvalue weighted by atomic mass is 32.2. The zero-order valence-corrected chi connectivity index (χ0v) is 16.1. The van der Waals surface area contributed by atoms with Gasteiger partial charge in [-0.05, 0) is 48.4 Å². The molecule has 0 amide bonds. The monoisotopic (exact) mass is 419 g/mol. The van der Waals surface area contributed by atoms with Gasteiger partial charge in [0.05, 0.1) is 11.5 Å². The van der Waals surface area contributed by atoms with Gasteiger partial charge in [0.2, 0.25) is 10.0 Å². The van der Waals surface area contributed by atoms with Crippen molar-refractivity contribution in [3.05, 3.63) is 53.6 Å². The molecule has 0 fully saturated rings. The molecular weight excluding hydrogens is 399 g/mol. The predicted octanol–water partition coefficient (Wildman–Crippen LogP) is 3.40. The third-order valence-electron chi connectivity index (χ3n) is 3.62. The van der Waals surface area contributed by atoms with E-state index in [-0.39, 0.29) is 17.2 Å². The van der Waals surface area contributed by atoms with Gasteiger partial charge in [0.15, 0.2) is 0 Å². The Hall–Kier alpha value is -2.30. The molecule has 0 bridgehead atoms. The van der Waals surface area contributed by atoms with E-state index in [4.69, 9.17) is 9.47 Å². The minimum absolute atomic E-state index is 0.0566. The van der Waals surface area contributed by atoms with Gasteiger partial charge < -0.3 is 14.2 Å². The number of rotatable bonds is 9. The smallest absolute Gasteiger partial charge is 0.491 e. The Morgan fingerprint density at radius 3 is 2.29 bits per heavy atom. The zero-order valence-electron chi connectivity index (χ0n) is 15.2. The molecule has 10 heteroatoms. The van der Waals surface area contributed by atoms with Gasteiger partial charge in [-0.3, -0.25) is 0 Å². The minimum Gasteiger partial charge on any atom is -0.491 e. The van der Waals surface area contributed by atoms with Crippen molar-refractivity contribution in [1.29, 1.82) is 0 Å². The number of methoxy groups -OCH3 is 1. The van der Waals surface area contributed by atoms with Crippen molar-refractivity contribution in [2.45, 2.75) is 24.7 Å². The molecule has 0 aromatic heterocycles. The van der Waals surface area contributed by atoms with Gasteiger partial charge in [-0.2, -0.15) is 0 Å². The Morgan fingerprint density at radius 1 is 1.04 bits per heavy atom. The maximum absolute atomic E-state index is 12.4. The fourth-order valence-electron chi connectivity index (χ4n) is 2.26. The summed E-state index contributed by atoms with van der Waals surface area (Å²) >= 11 is 0. The molecule has 0 atom stereocenters. The molecule has 0 aliphatic heterocycles. The number of aryl methyl sites for hydroxylation is 1. The van der Waals surface area contributed by atoms with E-state index >= 15 is 0 Å². The average Bonchev–Trinajstić information content (AvgIpc) is 2.61. The Balaban J connectivity index is 2.00. The number of ether oxygens (including phenoxy) is 3. The van der Waals surface area contributed by atoms with Crippen molar-refractivity contribution in [3.63, 3.8) is 0 Å². The van der Waals surface area contributed by atoms with Crippen LogP contribution in [0, 0.1) is 6.92 Å². The van der Waals surface area contributed by atoms with Crippen LogP contribution in [-0.2, 0) is 21.3 Å². The third-order valence-corrected chi connectivity index (χ3v) is 5.02. The summed E-state index contributed by atoms with van der Waals surface area (Å²) in [5.74, 6) is 0.176. The zero-order chi connectivity index (χ0) is 20.8. The number of alkyl halides is 3. The number of sulfonamides is 1. The van der Waals surface area contributed by atoms with Crippen LogP contribution >= 0.6 is 0 Å². The van der Waals surface area contributed by atoms with Gasteiger partial charge in [0.1, 0.15) is 18.1 Å². The van der Waals surface area contributed by atoms with Crippen molar-refractivity contribution in [2.24, 2.45) is 0 Å². The molecule has 0 heterocycles. The molecule has 0 saturated carbocycles. The number of hydrogen-bond acceptors (Lipinski definition) is 5. The number of benzene rings is 2. The maximum atomic E-state index is 12.4. The van der Waals surface area contributed by atoms with E-state index in [2.05, 4.69) is 9.46 Å². The summed E-state index contributed by atoms with van der Waals surface area (Å²) in [6, 6.07) is 9.38. The molecule has 0 unspecified atom stereocenters. The molecule has 0 radical (unpaired) electrons. The molecule has 154 valence electrons. The van der Waals surface area contributed by atoms with Crippen LogP contribution in [0.15, 0.2) is 47.4 Å². The van der Waals surface area contributed by atoms with Crippen LogP contribution in [-0.4, -0.2) is 35.1 Å². The highest BCUT2D eigenvalue weighted by Crippen LogP contribution is 2.24. The number of hydrogen-bond donors (Lipinski definition) is 1. The van der Waals surface area contributed by atoms with Gasteiger partial charge in [0, 0.05) is 13.7 Å². The molecule has 0 aliphatic rings. The van der Waals surface area contributed by atoms with E-state index in [1.165, 1.54) is 24.3 Å². The molecule has 6 nitrogen and oxygen atoms in total. The second kappa shape index (κ2) is 9.26. The number of nitrogens with one attached hydrogen (secondary N) is 1. The first-order valence-electron chi connectivity index (χ1n) is 8.17. The Bertz CT molecular complexity index is 883. The molecule has 2 rings (SSSR count). The highest BCUT2D eigenvalue weighted by Gasteiger charge is 2.30. The molecule has 2 aromatic carbocycles. The SMILES string of the molecule is COCCOc1ccc(S(=O)(=O)NCc2ccc(OC(F)(F)F)cc2)cc1C. The summed E-state index contributed by atoms with van der Waals surface area (Å²) in [4.78, 5) is 0.0566. The van der Waals surface area contributed by atoms with E-state index in [1.807, 2.05) is 0 Å².